The highest BCUT2D eigenvalue weighted by atomic mass is 35.5. The van der Waals surface area contributed by atoms with Crippen molar-refractivity contribution in [1.82, 2.24) is 0 Å². The van der Waals surface area contributed by atoms with E-state index >= 15 is 0 Å². The number of benzene rings is 2. The van der Waals surface area contributed by atoms with Gasteiger partial charge in [0.25, 0.3) is 5.91 Å². The average molecular weight is 435 g/mol. The van der Waals surface area contributed by atoms with Gasteiger partial charge in [0.05, 0.1) is 12.2 Å². The van der Waals surface area contributed by atoms with Crippen LogP contribution in [-0.4, -0.2) is 18.5 Å². The first-order chi connectivity index (χ1) is 14.9. The number of furan rings is 1. The maximum absolute atomic E-state index is 12.5. The number of esters is 1. The third-order valence-electron chi connectivity index (χ3n) is 4.41. The predicted octanol–water partition coefficient (Wildman–Crippen LogP) is 5.63. The molecule has 6 nitrogen and oxygen atoms in total. The lowest BCUT2D eigenvalue weighted by Gasteiger charge is -2.08. The number of nitrogens with zero attached hydrogens (tertiary/aromatic N) is 1. The third-order valence-corrected chi connectivity index (χ3v) is 4.64. The molecule has 1 N–H and O–H groups in total. The van der Waals surface area contributed by atoms with E-state index in [1.165, 1.54) is 6.08 Å². The van der Waals surface area contributed by atoms with Crippen molar-refractivity contribution in [2.45, 2.75) is 13.8 Å². The predicted molar refractivity (Wildman–Crippen MR) is 119 cm³/mol. The van der Waals surface area contributed by atoms with E-state index in [2.05, 4.69) is 5.32 Å². The standard InChI is InChI=1S/C24H19ClN2O4/c1-3-30-24(29)17-7-5-16(6-8-17)22-11-10-20(31-22)12-18(14-26)23(28)27-21-13-19(25)9-4-15(21)2/h4-13H,3H2,1-2H3,(H,27,28)/b18-12+. The molecule has 31 heavy (non-hydrogen) atoms. The molecule has 0 spiro atoms. The van der Waals surface area contributed by atoms with E-state index < -0.39 is 11.9 Å². The number of ether oxygens (including phenoxy) is 1. The van der Waals surface area contributed by atoms with Crippen LogP contribution in [0.25, 0.3) is 17.4 Å². The van der Waals surface area contributed by atoms with Gasteiger partial charge in [0.15, 0.2) is 0 Å². The molecule has 2 aromatic carbocycles. The maximum atomic E-state index is 12.5. The first-order valence-corrected chi connectivity index (χ1v) is 9.85. The van der Waals surface area contributed by atoms with Crippen LogP contribution in [0.4, 0.5) is 5.69 Å². The molecule has 7 heteroatoms. The van der Waals surface area contributed by atoms with Crippen LogP contribution in [0.5, 0.6) is 0 Å². The molecular formula is C24H19ClN2O4. The Bertz CT molecular complexity index is 1190. The number of carbonyl (C=O) groups excluding carboxylic acids is 2. The summed E-state index contributed by atoms with van der Waals surface area (Å²) in [4.78, 5) is 24.3. The normalized spacial score (nSPS) is 11.0. The maximum Gasteiger partial charge on any atom is 0.338 e. The van der Waals surface area contributed by atoms with Crippen LogP contribution < -0.4 is 5.32 Å². The summed E-state index contributed by atoms with van der Waals surface area (Å²) in [6, 6.07) is 17.1. The highest BCUT2D eigenvalue weighted by Crippen LogP contribution is 2.25. The van der Waals surface area contributed by atoms with Gasteiger partial charge in [-0.05, 0) is 55.8 Å². The number of rotatable bonds is 6. The minimum Gasteiger partial charge on any atom is -0.462 e. The number of nitriles is 1. The van der Waals surface area contributed by atoms with Crippen LogP contribution in [0.3, 0.4) is 0 Å². The van der Waals surface area contributed by atoms with Crippen molar-refractivity contribution in [3.8, 4) is 17.4 Å². The number of hydrogen-bond acceptors (Lipinski definition) is 5. The Labute approximate surface area is 184 Å². The molecule has 0 radical (unpaired) electrons. The van der Waals surface area contributed by atoms with Gasteiger partial charge in [-0.3, -0.25) is 4.79 Å². The molecule has 156 valence electrons. The van der Waals surface area contributed by atoms with Gasteiger partial charge in [-0.2, -0.15) is 5.26 Å². The highest BCUT2D eigenvalue weighted by Gasteiger charge is 2.13. The van der Waals surface area contributed by atoms with E-state index in [0.29, 0.717) is 34.4 Å². The first kappa shape index (κ1) is 21.9. The van der Waals surface area contributed by atoms with Crippen molar-refractivity contribution in [2.24, 2.45) is 0 Å². The first-order valence-electron chi connectivity index (χ1n) is 9.48. The lowest BCUT2D eigenvalue weighted by molar-refractivity contribution is -0.112. The minimum atomic E-state index is -0.565. The Hall–Kier alpha value is -3.82. The molecule has 0 bridgehead atoms. The molecule has 0 unspecified atom stereocenters. The Kier molecular flexibility index (Phi) is 6.91. The third kappa shape index (κ3) is 5.41. The van der Waals surface area contributed by atoms with Crippen molar-refractivity contribution in [1.29, 1.82) is 5.26 Å². The molecule has 0 aliphatic carbocycles. The number of amides is 1. The van der Waals surface area contributed by atoms with E-state index in [-0.39, 0.29) is 5.57 Å². The van der Waals surface area contributed by atoms with Gasteiger partial charge in [-0.15, -0.1) is 0 Å². The zero-order chi connectivity index (χ0) is 22.4. The van der Waals surface area contributed by atoms with Gasteiger partial charge in [-0.1, -0.05) is 29.8 Å². The number of nitrogens with one attached hydrogen (secondary N) is 1. The Morgan fingerprint density at radius 2 is 1.90 bits per heavy atom. The Morgan fingerprint density at radius 3 is 2.58 bits per heavy atom. The summed E-state index contributed by atoms with van der Waals surface area (Å²) in [6.45, 7) is 3.88. The molecule has 1 aromatic heterocycles. The monoisotopic (exact) mass is 434 g/mol. The van der Waals surface area contributed by atoms with E-state index in [0.717, 1.165) is 11.1 Å². The molecule has 0 aliphatic heterocycles. The molecule has 0 fully saturated rings. The fourth-order valence-corrected chi connectivity index (χ4v) is 2.95. The zero-order valence-corrected chi connectivity index (χ0v) is 17.7. The van der Waals surface area contributed by atoms with Gasteiger partial charge in [-0.25, -0.2) is 4.79 Å². The topological polar surface area (TPSA) is 92.3 Å². The SMILES string of the molecule is CCOC(=O)c1ccc(-c2ccc(/C=C(\C#N)C(=O)Nc3cc(Cl)ccc3C)o2)cc1. The number of aryl methyl sites for hydroxylation is 1. The van der Waals surface area contributed by atoms with Crippen molar-refractivity contribution in [3.63, 3.8) is 0 Å². The quantitative estimate of drug-likeness (QED) is 0.308. The molecule has 3 rings (SSSR count). The molecule has 1 heterocycles. The number of carbonyl (C=O) groups is 2. The van der Waals surface area contributed by atoms with E-state index in [9.17, 15) is 14.9 Å². The van der Waals surface area contributed by atoms with Gasteiger partial charge >= 0.3 is 5.97 Å². The molecule has 0 aliphatic rings. The van der Waals surface area contributed by atoms with E-state index in [1.807, 2.05) is 13.0 Å². The zero-order valence-electron chi connectivity index (χ0n) is 16.9. The van der Waals surface area contributed by atoms with Crippen LogP contribution in [0.2, 0.25) is 5.02 Å². The fourth-order valence-electron chi connectivity index (χ4n) is 2.78. The Balaban J connectivity index is 1.77. The molecule has 3 aromatic rings. The number of halogens is 1. The summed E-state index contributed by atoms with van der Waals surface area (Å²) in [6.07, 6.45) is 1.37. The molecule has 0 atom stereocenters. The summed E-state index contributed by atoms with van der Waals surface area (Å²) in [7, 11) is 0. The second-order valence-electron chi connectivity index (χ2n) is 6.58. The van der Waals surface area contributed by atoms with E-state index in [1.54, 1.807) is 61.5 Å². The number of anilines is 1. The van der Waals surface area contributed by atoms with Crippen LogP contribution in [0.15, 0.2) is 64.6 Å². The second kappa shape index (κ2) is 9.79. The number of hydrogen-bond donors (Lipinski definition) is 1. The van der Waals surface area contributed by atoms with Crippen LogP contribution >= 0.6 is 11.6 Å². The van der Waals surface area contributed by atoms with Crippen molar-refractivity contribution in [3.05, 3.63) is 82.1 Å². The van der Waals surface area contributed by atoms with Gasteiger partial charge in [0, 0.05) is 22.3 Å². The van der Waals surface area contributed by atoms with Crippen LogP contribution in [-0.2, 0) is 9.53 Å². The van der Waals surface area contributed by atoms with Crippen molar-refractivity contribution >= 4 is 35.2 Å². The summed E-state index contributed by atoms with van der Waals surface area (Å²) < 4.78 is 10.7. The summed E-state index contributed by atoms with van der Waals surface area (Å²) >= 11 is 5.98. The Morgan fingerprint density at radius 1 is 1.16 bits per heavy atom. The summed E-state index contributed by atoms with van der Waals surface area (Å²) in [5, 5.41) is 12.6. The largest absolute Gasteiger partial charge is 0.462 e. The van der Waals surface area contributed by atoms with Crippen LogP contribution in [0, 0.1) is 18.3 Å². The average Bonchev–Trinajstić information content (AvgIpc) is 3.23. The van der Waals surface area contributed by atoms with Crippen molar-refractivity contribution in [2.75, 3.05) is 11.9 Å². The highest BCUT2D eigenvalue weighted by molar-refractivity contribution is 6.31. The smallest absolute Gasteiger partial charge is 0.338 e. The van der Waals surface area contributed by atoms with Gasteiger partial charge in [0.2, 0.25) is 0 Å². The fraction of sp³-hybridized carbons (Fsp3) is 0.125. The summed E-state index contributed by atoms with van der Waals surface area (Å²) in [5.74, 6) is -0.0784. The minimum absolute atomic E-state index is 0.113. The second-order valence-corrected chi connectivity index (χ2v) is 7.02. The lowest BCUT2D eigenvalue weighted by atomic mass is 10.1. The van der Waals surface area contributed by atoms with Gasteiger partial charge < -0.3 is 14.5 Å². The molecular weight excluding hydrogens is 416 g/mol. The van der Waals surface area contributed by atoms with E-state index in [4.69, 9.17) is 20.8 Å². The van der Waals surface area contributed by atoms with Gasteiger partial charge in [0.1, 0.15) is 23.2 Å². The summed E-state index contributed by atoms with van der Waals surface area (Å²) in [5.41, 5.74) is 2.42. The van der Waals surface area contributed by atoms with Crippen LogP contribution in [0.1, 0.15) is 28.6 Å². The lowest BCUT2D eigenvalue weighted by Crippen LogP contribution is -2.14. The molecule has 1 amide bonds. The molecule has 0 saturated heterocycles. The van der Waals surface area contributed by atoms with Crippen molar-refractivity contribution < 1.29 is 18.7 Å². The molecule has 0 saturated carbocycles.